The number of rotatable bonds is 6. The van der Waals surface area contributed by atoms with Crippen LogP contribution in [0.1, 0.15) is 25.3 Å². The second-order valence-corrected chi connectivity index (χ2v) is 4.50. The summed E-state index contributed by atoms with van der Waals surface area (Å²) in [7, 11) is 0. The largest absolute Gasteiger partial charge is 0.493 e. The second-order valence-electron chi connectivity index (χ2n) is 4.50. The van der Waals surface area contributed by atoms with E-state index in [2.05, 4.69) is 6.92 Å². The highest BCUT2D eigenvalue weighted by Crippen LogP contribution is 2.29. The van der Waals surface area contributed by atoms with Gasteiger partial charge in [0.15, 0.2) is 0 Å². The summed E-state index contributed by atoms with van der Waals surface area (Å²) in [4.78, 5) is 10.1. The van der Waals surface area contributed by atoms with Crippen LogP contribution in [0.25, 0.3) is 16.8 Å². The monoisotopic (exact) mass is 271 g/mol. The summed E-state index contributed by atoms with van der Waals surface area (Å²) in [6, 6.07) is 11.6. The third kappa shape index (κ3) is 3.35. The predicted molar refractivity (Wildman–Crippen MR) is 80.4 cm³/mol. The molecule has 0 N–H and O–H groups in total. The molecule has 104 valence electrons. The predicted octanol–water partition coefficient (Wildman–Crippen LogP) is 4.27. The summed E-state index contributed by atoms with van der Waals surface area (Å²) in [5.74, 6) is 0.690. The smallest absolute Gasteiger partial charge is 0.235 e. The first-order valence-corrected chi connectivity index (χ1v) is 6.68. The van der Waals surface area contributed by atoms with Crippen molar-refractivity contribution in [1.82, 2.24) is 0 Å². The lowest BCUT2D eigenvalue weighted by Gasteiger charge is -2.11. The van der Waals surface area contributed by atoms with Gasteiger partial charge in [0, 0.05) is 11.6 Å². The molecule has 0 saturated carbocycles. The quantitative estimate of drug-likeness (QED) is 0.448. The fourth-order valence-corrected chi connectivity index (χ4v) is 2.04. The molecule has 0 heterocycles. The van der Waals surface area contributed by atoms with Crippen molar-refractivity contribution in [1.29, 1.82) is 0 Å². The number of hydrogen-bond donors (Lipinski definition) is 0. The molecule has 0 aliphatic heterocycles. The van der Waals surface area contributed by atoms with Crippen LogP contribution in [0.15, 0.2) is 42.6 Å². The molecule has 0 aliphatic carbocycles. The van der Waals surface area contributed by atoms with E-state index in [9.17, 15) is 10.1 Å². The van der Waals surface area contributed by atoms with E-state index < -0.39 is 4.92 Å². The average molecular weight is 271 g/mol. The van der Waals surface area contributed by atoms with Crippen LogP contribution in [0, 0.1) is 10.1 Å². The van der Waals surface area contributed by atoms with E-state index in [1.807, 2.05) is 36.4 Å². The topological polar surface area (TPSA) is 52.4 Å². The Morgan fingerprint density at radius 1 is 1.25 bits per heavy atom. The SMILES string of the molecule is CCCCOc1ccc2ccccc2c1/C=C\[N+](=O)[O-]. The standard InChI is InChI=1S/C16H17NO3/c1-2-3-12-20-16-9-8-13-6-4-5-7-14(13)15(16)10-11-17(18)19/h4-11H,2-3,12H2,1H3/b11-10-. The van der Waals surface area contributed by atoms with Gasteiger partial charge in [0.1, 0.15) is 5.75 Å². The molecule has 0 unspecified atom stereocenters. The van der Waals surface area contributed by atoms with Crippen molar-refractivity contribution in [2.75, 3.05) is 6.61 Å². The van der Waals surface area contributed by atoms with Gasteiger partial charge < -0.3 is 4.74 Å². The lowest BCUT2D eigenvalue weighted by atomic mass is 10.0. The Kier molecular flexibility index (Phi) is 4.71. The van der Waals surface area contributed by atoms with Gasteiger partial charge in [0.25, 0.3) is 0 Å². The lowest BCUT2D eigenvalue weighted by Crippen LogP contribution is -1.98. The number of ether oxygens (including phenoxy) is 1. The van der Waals surface area contributed by atoms with Crippen LogP contribution in [0.5, 0.6) is 5.75 Å². The third-order valence-corrected chi connectivity index (χ3v) is 3.05. The molecule has 0 atom stereocenters. The van der Waals surface area contributed by atoms with Crippen LogP contribution in [-0.2, 0) is 0 Å². The Hall–Kier alpha value is -2.36. The molecule has 2 aromatic carbocycles. The summed E-state index contributed by atoms with van der Waals surface area (Å²) in [5, 5.41) is 12.6. The molecule has 0 saturated heterocycles. The van der Waals surface area contributed by atoms with Crippen molar-refractivity contribution >= 4 is 16.8 Å². The van der Waals surface area contributed by atoms with Gasteiger partial charge in [-0.2, -0.15) is 0 Å². The molecular weight excluding hydrogens is 254 g/mol. The van der Waals surface area contributed by atoms with Crippen molar-refractivity contribution in [2.24, 2.45) is 0 Å². The minimum atomic E-state index is -0.461. The van der Waals surface area contributed by atoms with Crippen LogP contribution in [0.4, 0.5) is 0 Å². The molecule has 0 radical (unpaired) electrons. The van der Waals surface area contributed by atoms with Gasteiger partial charge in [-0.25, -0.2) is 0 Å². The molecular formula is C16H17NO3. The molecule has 0 amide bonds. The molecule has 4 heteroatoms. The van der Waals surface area contributed by atoms with Crippen molar-refractivity contribution in [3.63, 3.8) is 0 Å². The Morgan fingerprint density at radius 3 is 2.80 bits per heavy atom. The first-order valence-electron chi connectivity index (χ1n) is 6.68. The molecule has 4 nitrogen and oxygen atoms in total. The van der Waals surface area contributed by atoms with Gasteiger partial charge in [-0.3, -0.25) is 10.1 Å². The zero-order chi connectivity index (χ0) is 14.4. The zero-order valence-electron chi connectivity index (χ0n) is 11.4. The maximum Gasteiger partial charge on any atom is 0.235 e. The fraction of sp³-hybridized carbons (Fsp3) is 0.250. The highest BCUT2D eigenvalue weighted by molar-refractivity contribution is 5.93. The normalized spacial score (nSPS) is 11.1. The average Bonchev–Trinajstić information content (AvgIpc) is 2.45. The first kappa shape index (κ1) is 14.1. The number of nitro groups is 1. The van der Waals surface area contributed by atoms with E-state index in [1.54, 1.807) is 0 Å². The summed E-state index contributed by atoms with van der Waals surface area (Å²) in [6.07, 6.45) is 4.47. The third-order valence-electron chi connectivity index (χ3n) is 3.05. The van der Waals surface area contributed by atoms with Crippen LogP contribution in [0.2, 0.25) is 0 Å². The maximum absolute atomic E-state index is 10.6. The van der Waals surface area contributed by atoms with Crippen molar-refractivity contribution in [3.8, 4) is 5.75 Å². The molecule has 20 heavy (non-hydrogen) atoms. The highest BCUT2D eigenvalue weighted by atomic mass is 16.6. The summed E-state index contributed by atoms with van der Waals surface area (Å²) < 4.78 is 5.74. The van der Waals surface area contributed by atoms with Crippen LogP contribution in [0.3, 0.4) is 0 Å². The van der Waals surface area contributed by atoms with Gasteiger partial charge in [0.2, 0.25) is 6.20 Å². The van der Waals surface area contributed by atoms with E-state index >= 15 is 0 Å². The Morgan fingerprint density at radius 2 is 2.05 bits per heavy atom. The van der Waals surface area contributed by atoms with E-state index in [4.69, 9.17) is 4.74 Å². The highest BCUT2D eigenvalue weighted by Gasteiger charge is 2.07. The Bertz CT molecular complexity index is 635. The number of hydrogen-bond acceptors (Lipinski definition) is 3. The van der Waals surface area contributed by atoms with Crippen LogP contribution in [-0.4, -0.2) is 11.5 Å². The van der Waals surface area contributed by atoms with Crippen molar-refractivity contribution in [2.45, 2.75) is 19.8 Å². The molecule has 0 fully saturated rings. The van der Waals surface area contributed by atoms with E-state index in [0.29, 0.717) is 12.4 Å². The second kappa shape index (κ2) is 6.70. The van der Waals surface area contributed by atoms with Gasteiger partial charge in [-0.05, 0) is 23.3 Å². The van der Waals surface area contributed by atoms with Gasteiger partial charge in [-0.1, -0.05) is 43.7 Å². The van der Waals surface area contributed by atoms with Crippen molar-refractivity contribution in [3.05, 3.63) is 58.3 Å². The van der Waals surface area contributed by atoms with Crippen LogP contribution < -0.4 is 4.74 Å². The maximum atomic E-state index is 10.6. The Balaban J connectivity index is 2.44. The minimum Gasteiger partial charge on any atom is -0.493 e. The van der Waals surface area contributed by atoms with Gasteiger partial charge >= 0.3 is 0 Å². The minimum absolute atomic E-state index is 0.461. The summed E-state index contributed by atoms with van der Waals surface area (Å²) in [6.45, 7) is 2.71. The number of fused-ring (bicyclic) bond motifs is 1. The number of benzene rings is 2. The fourth-order valence-electron chi connectivity index (χ4n) is 2.04. The van der Waals surface area contributed by atoms with E-state index in [1.165, 1.54) is 6.08 Å². The summed E-state index contributed by atoms with van der Waals surface area (Å²) in [5.41, 5.74) is 0.760. The van der Waals surface area contributed by atoms with Gasteiger partial charge in [-0.15, -0.1) is 0 Å². The number of unbranched alkanes of at least 4 members (excludes halogenated alkanes) is 1. The van der Waals surface area contributed by atoms with E-state index in [-0.39, 0.29) is 0 Å². The molecule has 0 bridgehead atoms. The van der Waals surface area contributed by atoms with Crippen molar-refractivity contribution < 1.29 is 9.66 Å². The molecule has 0 spiro atoms. The number of nitrogens with zero attached hydrogens (tertiary/aromatic N) is 1. The Labute approximate surface area is 117 Å². The zero-order valence-corrected chi connectivity index (χ0v) is 11.4. The molecule has 2 rings (SSSR count). The van der Waals surface area contributed by atoms with Gasteiger partial charge in [0.05, 0.1) is 11.5 Å². The summed E-state index contributed by atoms with van der Waals surface area (Å²) >= 11 is 0. The molecule has 0 aliphatic rings. The lowest BCUT2D eigenvalue weighted by molar-refractivity contribution is -0.400. The van der Waals surface area contributed by atoms with Crippen LogP contribution >= 0.6 is 0 Å². The molecule has 0 aromatic heterocycles. The molecule has 2 aromatic rings. The first-order chi connectivity index (χ1) is 9.72. The van der Waals surface area contributed by atoms with E-state index in [0.717, 1.165) is 35.4 Å².